The van der Waals surface area contributed by atoms with E-state index in [0.29, 0.717) is 36.9 Å². The van der Waals surface area contributed by atoms with Gasteiger partial charge in [-0.15, -0.1) is 0 Å². The van der Waals surface area contributed by atoms with E-state index in [1.165, 1.54) is 10.5 Å². The largest absolute Gasteiger partial charge is 0.373 e. The summed E-state index contributed by atoms with van der Waals surface area (Å²) in [5, 5.41) is 4.46. The molecule has 0 unspecified atom stereocenters. The molecule has 1 saturated carbocycles. The first kappa shape index (κ1) is 22.3. The zero-order valence-electron chi connectivity index (χ0n) is 18.9. The van der Waals surface area contributed by atoms with Crippen LogP contribution in [0.4, 0.5) is 8.78 Å². The summed E-state index contributed by atoms with van der Waals surface area (Å²) in [7, 11) is 0. The van der Waals surface area contributed by atoms with E-state index in [9.17, 15) is 13.6 Å². The van der Waals surface area contributed by atoms with E-state index in [2.05, 4.69) is 10.1 Å². The van der Waals surface area contributed by atoms with E-state index in [0.717, 1.165) is 30.5 Å². The summed E-state index contributed by atoms with van der Waals surface area (Å²) in [6.07, 6.45) is 8.93. The molecular formula is C25H22ClF2N5O2. The summed E-state index contributed by atoms with van der Waals surface area (Å²) in [4.78, 5) is 22.2. The number of benzene rings is 1. The molecule has 0 bridgehead atoms. The van der Waals surface area contributed by atoms with Crippen LogP contribution in [0.2, 0.25) is 5.02 Å². The van der Waals surface area contributed by atoms with Crippen molar-refractivity contribution >= 4 is 17.2 Å². The molecule has 1 saturated heterocycles. The van der Waals surface area contributed by atoms with Crippen LogP contribution in [0.5, 0.6) is 0 Å². The van der Waals surface area contributed by atoms with Gasteiger partial charge in [-0.2, -0.15) is 5.10 Å². The molecule has 4 heterocycles. The van der Waals surface area contributed by atoms with Gasteiger partial charge < -0.3 is 4.74 Å². The van der Waals surface area contributed by atoms with Crippen LogP contribution in [-0.2, 0) is 4.74 Å². The predicted octanol–water partition coefficient (Wildman–Crippen LogP) is 5.16. The highest BCUT2D eigenvalue weighted by Crippen LogP contribution is 2.40. The molecule has 180 valence electrons. The van der Waals surface area contributed by atoms with Gasteiger partial charge in [0.05, 0.1) is 29.7 Å². The smallest absolute Gasteiger partial charge is 0.277 e. The third kappa shape index (κ3) is 4.02. The molecule has 0 amide bonds. The Kier molecular flexibility index (Phi) is 5.41. The Morgan fingerprint density at radius 3 is 2.74 bits per heavy atom. The number of rotatable bonds is 4. The fourth-order valence-corrected chi connectivity index (χ4v) is 4.79. The Morgan fingerprint density at radius 1 is 1.14 bits per heavy atom. The maximum atomic E-state index is 14.8. The Hall–Kier alpha value is -3.17. The molecular weight excluding hydrogens is 476 g/mol. The second-order valence-electron chi connectivity index (χ2n) is 9.21. The van der Waals surface area contributed by atoms with Gasteiger partial charge in [0.25, 0.3) is 5.56 Å². The van der Waals surface area contributed by atoms with Gasteiger partial charge in [0.1, 0.15) is 22.4 Å². The normalized spacial score (nSPS) is 20.5. The topological polar surface area (TPSA) is 74.3 Å². The summed E-state index contributed by atoms with van der Waals surface area (Å²) in [5.74, 6) is -1.54. The van der Waals surface area contributed by atoms with E-state index in [1.807, 2.05) is 17.1 Å². The standard InChI is InChI=1S/C25H22ClF2N5O2/c1-13-22(26)25(34)32-12-20(31-23(24(32)30-13)18-5-2-16(27)9-19(18)28)14-6-7-35-21(8-14)15-10-29-33(11-15)17-3-4-17/h2,5,9-12,14,17,21H,3-4,6-8H2,1H3/t14-,21+/m1/s1. The number of hydrogen-bond acceptors (Lipinski definition) is 5. The molecule has 10 heteroatoms. The molecule has 4 aromatic rings. The van der Waals surface area contributed by atoms with Gasteiger partial charge in [-0.25, -0.2) is 18.7 Å². The Labute approximate surface area is 204 Å². The van der Waals surface area contributed by atoms with Gasteiger partial charge in [0.2, 0.25) is 0 Å². The molecule has 6 rings (SSSR count). The average molecular weight is 498 g/mol. The van der Waals surface area contributed by atoms with Crippen LogP contribution in [0.25, 0.3) is 16.9 Å². The summed E-state index contributed by atoms with van der Waals surface area (Å²) < 4.78 is 37.8. The van der Waals surface area contributed by atoms with E-state index in [-0.39, 0.29) is 33.9 Å². The van der Waals surface area contributed by atoms with Crippen LogP contribution in [-0.4, -0.2) is 30.8 Å². The molecule has 2 atom stereocenters. The minimum absolute atomic E-state index is 0.0116. The molecule has 3 aromatic heterocycles. The molecule has 2 fully saturated rings. The first-order valence-corrected chi connectivity index (χ1v) is 12.0. The van der Waals surface area contributed by atoms with Crippen molar-refractivity contribution in [3.05, 3.63) is 80.8 Å². The molecule has 0 radical (unpaired) electrons. The number of halogens is 3. The monoisotopic (exact) mass is 497 g/mol. The first-order valence-electron chi connectivity index (χ1n) is 11.6. The van der Waals surface area contributed by atoms with E-state index >= 15 is 0 Å². The quantitative estimate of drug-likeness (QED) is 0.389. The van der Waals surface area contributed by atoms with E-state index < -0.39 is 17.2 Å². The van der Waals surface area contributed by atoms with Crippen LogP contribution in [0.1, 0.15) is 60.7 Å². The molecule has 7 nitrogen and oxygen atoms in total. The highest BCUT2D eigenvalue weighted by atomic mass is 35.5. The van der Waals surface area contributed by atoms with Crippen LogP contribution in [0.15, 0.2) is 41.6 Å². The molecule has 2 aliphatic rings. The Balaban J connectivity index is 1.45. The maximum absolute atomic E-state index is 14.8. The summed E-state index contributed by atoms with van der Waals surface area (Å²) in [5.41, 5.74) is 1.85. The highest BCUT2D eigenvalue weighted by molar-refractivity contribution is 6.31. The van der Waals surface area contributed by atoms with Crippen molar-refractivity contribution in [1.29, 1.82) is 0 Å². The van der Waals surface area contributed by atoms with Crippen molar-refractivity contribution in [2.75, 3.05) is 6.61 Å². The molecule has 1 aliphatic heterocycles. The third-order valence-corrected chi connectivity index (χ3v) is 7.18. The lowest BCUT2D eigenvalue weighted by atomic mass is 9.90. The molecule has 1 aliphatic carbocycles. The highest BCUT2D eigenvalue weighted by Gasteiger charge is 2.30. The van der Waals surface area contributed by atoms with Gasteiger partial charge in [-0.1, -0.05) is 11.6 Å². The van der Waals surface area contributed by atoms with Gasteiger partial charge in [0.15, 0.2) is 5.65 Å². The van der Waals surface area contributed by atoms with Crippen LogP contribution in [0, 0.1) is 18.6 Å². The number of fused-ring (bicyclic) bond motifs is 1. The molecule has 0 N–H and O–H groups in total. The second kappa shape index (κ2) is 8.49. The number of hydrogen-bond donors (Lipinski definition) is 0. The van der Waals surface area contributed by atoms with Crippen molar-refractivity contribution in [2.24, 2.45) is 0 Å². The maximum Gasteiger partial charge on any atom is 0.277 e. The van der Waals surface area contributed by atoms with Crippen molar-refractivity contribution < 1.29 is 13.5 Å². The first-order chi connectivity index (χ1) is 16.9. The lowest BCUT2D eigenvalue weighted by Gasteiger charge is -2.29. The van der Waals surface area contributed by atoms with Crippen LogP contribution >= 0.6 is 11.6 Å². The van der Waals surface area contributed by atoms with E-state index in [1.54, 1.807) is 13.1 Å². The summed E-state index contributed by atoms with van der Waals surface area (Å²) in [6.45, 7) is 2.11. The van der Waals surface area contributed by atoms with Crippen molar-refractivity contribution in [3.63, 3.8) is 0 Å². The second-order valence-corrected chi connectivity index (χ2v) is 9.59. The van der Waals surface area contributed by atoms with Gasteiger partial charge in [-0.3, -0.25) is 13.9 Å². The Morgan fingerprint density at radius 2 is 1.97 bits per heavy atom. The van der Waals surface area contributed by atoms with E-state index in [4.69, 9.17) is 21.3 Å². The average Bonchev–Trinajstić information content (AvgIpc) is 3.59. The number of aromatic nitrogens is 5. The number of ether oxygens (including phenoxy) is 1. The fraction of sp³-hybridized carbons (Fsp3) is 0.360. The van der Waals surface area contributed by atoms with Crippen LogP contribution < -0.4 is 5.56 Å². The summed E-state index contributed by atoms with van der Waals surface area (Å²) in [6, 6.07) is 3.74. The predicted molar refractivity (Wildman–Crippen MR) is 126 cm³/mol. The molecule has 35 heavy (non-hydrogen) atoms. The number of nitrogens with zero attached hydrogens (tertiary/aromatic N) is 5. The Bertz CT molecular complexity index is 1510. The zero-order chi connectivity index (χ0) is 24.3. The van der Waals surface area contributed by atoms with Crippen LogP contribution in [0.3, 0.4) is 0 Å². The van der Waals surface area contributed by atoms with Crippen molar-refractivity contribution in [2.45, 2.75) is 50.7 Å². The van der Waals surface area contributed by atoms with Crippen molar-refractivity contribution in [1.82, 2.24) is 24.1 Å². The fourth-order valence-electron chi connectivity index (χ4n) is 4.66. The third-order valence-electron chi connectivity index (χ3n) is 6.74. The minimum Gasteiger partial charge on any atom is -0.373 e. The van der Waals surface area contributed by atoms with Gasteiger partial charge in [-0.05, 0) is 44.7 Å². The van der Waals surface area contributed by atoms with Gasteiger partial charge >= 0.3 is 0 Å². The molecule has 0 spiro atoms. The zero-order valence-corrected chi connectivity index (χ0v) is 19.7. The molecule has 1 aromatic carbocycles. The number of aryl methyl sites for hydroxylation is 1. The summed E-state index contributed by atoms with van der Waals surface area (Å²) >= 11 is 6.21. The van der Waals surface area contributed by atoms with Crippen molar-refractivity contribution in [3.8, 4) is 11.3 Å². The minimum atomic E-state index is -0.782. The lowest BCUT2D eigenvalue weighted by Crippen LogP contribution is -2.23. The van der Waals surface area contributed by atoms with Gasteiger partial charge in [0, 0.05) is 42.1 Å². The lowest BCUT2D eigenvalue weighted by molar-refractivity contribution is 0.00454. The SMILES string of the molecule is Cc1nc2c(-c3ccc(F)cc3F)nc([C@@H]3CCO[C@H](c4cnn(C5CC5)c4)C3)cn2c(=O)c1Cl.